The maximum Gasteiger partial charge on any atom is 0.241 e. The zero-order chi connectivity index (χ0) is 14.8. The van der Waals surface area contributed by atoms with Gasteiger partial charge in [0.2, 0.25) is 10.0 Å². The van der Waals surface area contributed by atoms with Gasteiger partial charge in [-0.15, -0.1) is 0 Å². The third-order valence-corrected chi connectivity index (χ3v) is 4.82. The van der Waals surface area contributed by atoms with Crippen LogP contribution in [-0.2, 0) is 10.0 Å². The Kier molecular flexibility index (Phi) is 4.04. The lowest BCUT2D eigenvalue weighted by Gasteiger charge is -2.13. The molecule has 0 radical (unpaired) electrons. The lowest BCUT2D eigenvalue weighted by Crippen LogP contribution is -2.34. The Balaban J connectivity index is 2.37. The fourth-order valence-corrected chi connectivity index (χ4v) is 3.26. The topological polar surface area (TPSA) is 81.4 Å². The summed E-state index contributed by atoms with van der Waals surface area (Å²) in [6.45, 7) is 2.10. The van der Waals surface area contributed by atoms with E-state index in [4.69, 9.17) is 10.5 Å². The van der Waals surface area contributed by atoms with E-state index in [-0.39, 0.29) is 17.0 Å². The van der Waals surface area contributed by atoms with Crippen LogP contribution in [0.5, 0.6) is 5.75 Å². The third-order valence-electron chi connectivity index (χ3n) is 3.19. The standard InChI is InChI=1S/C14H18N2O3S/c1-14(7-8-14)16-20(17,18)12-5-6-13(19-2)11(10-12)4-3-9-15/h5-6,10,16H,7-9,15H2,1-2H3. The van der Waals surface area contributed by atoms with Crippen molar-refractivity contribution in [3.63, 3.8) is 0 Å². The predicted molar refractivity (Wildman–Crippen MR) is 76.9 cm³/mol. The number of hydrogen-bond acceptors (Lipinski definition) is 4. The summed E-state index contributed by atoms with van der Waals surface area (Å²) >= 11 is 0. The number of methoxy groups -OCH3 is 1. The van der Waals surface area contributed by atoms with Gasteiger partial charge in [0.1, 0.15) is 5.75 Å². The number of rotatable bonds is 4. The van der Waals surface area contributed by atoms with Crippen LogP contribution in [-0.4, -0.2) is 27.6 Å². The number of benzene rings is 1. The highest BCUT2D eigenvalue weighted by molar-refractivity contribution is 7.89. The molecule has 0 atom stereocenters. The highest BCUT2D eigenvalue weighted by Crippen LogP contribution is 2.36. The van der Waals surface area contributed by atoms with E-state index in [1.54, 1.807) is 6.07 Å². The van der Waals surface area contributed by atoms with Crippen molar-refractivity contribution in [1.82, 2.24) is 4.72 Å². The van der Waals surface area contributed by atoms with E-state index in [0.29, 0.717) is 11.3 Å². The molecule has 1 aliphatic carbocycles. The second kappa shape index (κ2) is 5.44. The van der Waals surface area contributed by atoms with Crippen LogP contribution in [0.1, 0.15) is 25.3 Å². The summed E-state index contributed by atoms with van der Waals surface area (Å²) in [6.07, 6.45) is 1.73. The van der Waals surface area contributed by atoms with Gasteiger partial charge < -0.3 is 10.5 Å². The number of hydrogen-bond donors (Lipinski definition) is 2. The van der Waals surface area contributed by atoms with E-state index in [9.17, 15) is 8.42 Å². The normalized spacial score (nSPS) is 16.1. The Morgan fingerprint density at radius 3 is 2.70 bits per heavy atom. The summed E-state index contributed by atoms with van der Waals surface area (Å²) in [5.41, 5.74) is 5.55. The van der Waals surface area contributed by atoms with Gasteiger partial charge in [0.15, 0.2) is 0 Å². The molecule has 0 aliphatic heterocycles. The summed E-state index contributed by atoms with van der Waals surface area (Å²) in [5, 5.41) is 0. The molecule has 6 heteroatoms. The zero-order valence-electron chi connectivity index (χ0n) is 11.6. The van der Waals surface area contributed by atoms with Gasteiger partial charge in [-0.25, -0.2) is 13.1 Å². The summed E-state index contributed by atoms with van der Waals surface area (Å²) in [4.78, 5) is 0.188. The van der Waals surface area contributed by atoms with Crippen LogP contribution >= 0.6 is 0 Å². The van der Waals surface area contributed by atoms with Crippen molar-refractivity contribution in [2.75, 3.05) is 13.7 Å². The van der Waals surface area contributed by atoms with Crippen LogP contribution in [0.3, 0.4) is 0 Å². The van der Waals surface area contributed by atoms with Crippen LogP contribution in [0, 0.1) is 11.8 Å². The van der Waals surface area contributed by atoms with Crippen molar-refractivity contribution in [2.45, 2.75) is 30.2 Å². The Morgan fingerprint density at radius 2 is 2.15 bits per heavy atom. The molecule has 0 spiro atoms. The number of nitrogens with one attached hydrogen (secondary N) is 1. The number of nitrogens with two attached hydrogens (primary N) is 1. The second-order valence-corrected chi connectivity index (χ2v) is 6.72. The van der Waals surface area contributed by atoms with Gasteiger partial charge >= 0.3 is 0 Å². The minimum atomic E-state index is -3.53. The van der Waals surface area contributed by atoms with Gasteiger partial charge in [-0.3, -0.25) is 0 Å². The van der Waals surface area contributed by atoms with Gasteiger partial charge in [-0.05, 0) is 38.0 Å². The smallest absolute Gasteiger partial charge is 0.241 e. The number of sulfonamides is 1. The van der Waals surface area contributed by atoms with E-state index in [2.05, 4.69) is 16.6 Å². The fraction of sp³-hybridized carbons (Fsp3) is 0.429. The molecule has 0 amide bonds. The summed E-state index contributed by atoms with van der Waals surface area (Å²) in [5.74, 6) is 6.05. The molecule has 3 N–H and O–H groups in total. The van der Waals surface area contributed by atoms with E-state index >= 15 is 0 Å². The van der Waals surface area contributed by atoms with Crippen molar-refractivity contribution in [1.29, 1.82) is 0 Å². The molecule has 1 aromatic carbocycles. The van der Waals surface area contributed by atoms with Crippen molar-refractivity contribution in [3.8, 4) is 17.6 Å². The molecule has 0 unspecified atom stereocenters. The molecule has 1 saturated carbocycles. The van der Waals surface area contributed by atoms with Crippen LogP contribution in [0.4, 0.5) is 0 Å². The van der Waals surface area contributed by atoms with Gasteiger partial charge in [0.25, 0.3) is 0 Å². The SMILES string of the molecule is COc1ccc(S(=O)(=O)NC2(C)CC2)cc1C#CCN. The van der Waals surface area contributed by atoms with Crippen molar-refractivity contribution < 1.29 is 13.2 Å². The molecule has 20 heavy (non-hydrogen) atoms. The highest BCUT2D eigenvalue weighted by atomic mass is 32.2. The minimum Gasteiger partial charge on any atom is -0.495 e. The summed E-state index contributed by atoms with van der Waals surface area (Å²) < 4.78 is 32.4. The van der Waals surface area contributed by atoms with Gasteiger partial charge in [-0.1, -0.05) is 11.8 Å². The Labute approximate surface area is 119 Å². The largest absolute Gasteiger partial charge is 0.495 e. The van der Waals surface area contributed by atoms with E-state index in [1.165, 1.54) is 19.2 Å². The van der Waals surface area contributed by atoms with Crippen LogP contribution < -0.4 is 15.2 Å². The average Bonchev–Trinajstić information content (AvgIpc) is 3.12. The minimum absolute atomic E-state index is 0.188. The summed E-state index contributed by atoms with van der Waals surface area (Å²) in [7, 11) is -2.02. The van der Waals surface area contributed by atoms with Gasteiger partial charge in [0.05, 0.1) is 24.1 Å². The van der Waals surface area contributed by atoms with Gasteiger partial charge in [0, 0.05) is 5.54 Å². The summed E-state index contributed by atoms with van der Waals surface area (Å²) in [6, 6.07) is 4.63. The van der Waals surface area contributed by atoms with Crippen molar-refractivity contribution in [3.05, 3.63) is 23.8 Å². The van der Waals surface area contributed by atoms with Gasteiger partial charge in [-0.2, -0.15) is 0 Å². The molecular formula is C14H18N2O3S. The first kappa shape index (κ1) is 14.9. The lowest BCUT2D eigenvalue weighted by atomic mass is 10.2. The molecule has 2 rings (SSSR count). The van der Waals surface area contributed by atoms with Crippen molar-refractivity contribution in [2.24, 2.45) is 5.73 Å². The monoisotopic (exact) mass is 294 g/mol. The molecule has 108 valence electrons. The van der Waals surface area contributed by atoms with Crippen LogP contribution in [0.2, 0.25) is 0 Å². The third kappa shape index (κ3) is 3.31. The first-order valence-electron chi connectivity index (χ1n) is 6.31. The molecule has 1 aliphatic rings. The second-order valence-electron chi connectivity index (χ2n) is 5.03. The van der Waals surface area contributed by atoms with E-state index < -0.39 is 10.0 Å². The lowest BCUT2D eigenvalue weighted by molar-refractivity contribution is 0.413. The quantitative estimate of drug-likeness (QED) is 0.806. The molecule has 0 heterocycles. The first-order chi connectivity index (χ1) is 9.40. The van der Waals surface area contributed by atoms with Crippen LogP contribution in [0.25, 0.3) is 0 Å². The molecule has 1 fully saturated rings. The van der Waals surface area contributed by atoms with Crippen molar-refractivity contribution >= 4 is 10.0 Å². The highest BCUT2D eigenvalue weighted by Gasteiger charge is 2.41. The molecule has 5 nitrogen and oxygen atoms in total. The van der Waals surface area contributed by atoms with E-state index in [0.717, 1.165) is 12.8 Å². The Morgan fingerprint density at radius 1 is 1.45 bits per heavy atom. The average molecular weight is 294 g/mol. The fourth-order valence-electron chi connectivity index (χ4n) is 1.77. The van der Waals surface area contributed by atoms with Crippen LogP contribution in [0.15, 0.2) is 23.1 Å². The molecule has 0 saturated heterocycles. The molecule has 0 bridgehead atoms. The maximum absolute atomic E-state index is 12.3. The van der Waals surface area contributed by atoms with E-state index in [1.807, 2.05) is 6.92 Å². The maximum atomic E-state index is 12.3. The predicted octanol–water partition coefficient (Wildman–Crippen LogP) is 0.836. The molecular weight excluding hydrogens is 276 g/mol. The molecule has 1 aromatic rings. The molecule has 0 aromatic heterocycles. The first-order valence-corrected chi connectivity index (χ1v) is 7.79. The zero-order valence-corrected chi connectivity index (χ0v) is 12.4. The number of ether oxygens (including phenoxy) is 1. The Bertz CT molecular complexity index is 667. The Hall–Kier alpha value is -1.55.